The summed E-state index contributed by atoms with van der Waals surface area (Å²) in [6, 6.07) is 17.4. The van der Waals surface area contributed by atoms with Crippen molar-refractivity contribution in [2.45, 2.75) is 19.9 Å². The van der Waals surface area contributed by atoms with E-state index in [4.69, 9.17) is 0 Å². The maximum atomic E-state index is 12.6. The molecule has 0 unspecified atom stereocenters. The Labute approximate surface area is 153 Å². The molecule has 1 amide bonds. The molecule has 0 saturated carbocycles. The van der Waals surface area contributed by atoms with Crippen LogP contribution < -0.4 is 10.6 Å². The van der Waals surface area contributed by atoms with Gasteiger partial charge in [0, 0.05) is 31.0 Å². The quantitative estimate of drug-likeness (QED) is 0.681. The van der Waals surface area contributed by atoms with Crippen LogP contribution in [0.3, 0.4) is 0 Å². The van der Waals surface area contributed by atoms with Crippen LogP contribution in [0.4, 0.5) is 5.82 Å². The van der Waals surface area contributed by atoms with Crippen LogP contribution in [0.2, 0.25) is 0 Å². The van der Waals surface area contributed by atoms with Crippen molar-refractivity contribution in [2.24, 2.45) is 0 Å². The van der Waals surface area contributed by atoms with Crippen LogP contribution >= 0.6 is 0 Å². The minimum Gasteiger partial charge on any atom is -0.369 e. The average Bonchev–Trinajstić information content (AvgIpc) is 2.71. The fraction of sp³-hybridized carbons (Fsp3) is 0.190. The smallest absolute Gasteiger partial charge is 0.255 e. The molecule has 0 aliphatic rings. The lowest BCUT2D eigenvalue weighted by atomic mass is 10.1. The number of benzene rings is 1. The van der Waals surface area contributed by atoms with Crippen molar-refractivity contribution in [3.05, 3.63) is 78.1 Å². The highest BCUT2D eigenvalue weighted by atomic mass is 16.1. The highest BCUT2D eigenvalue weighted by molar-refractivity contribution is 5.99. The Kier molecular flexibility index (Phi) is 5.93. The van der Waals surface area contributed by atoms with Crippen LogP contribution in [-0.2, 0) is 6.54 Å². The Morgan fingerprint density at radius 1 is 1.04 bits per heavy atom. The van der Waals surface area contributed by atoms with Crippen LogP contribution in [0.25, 0.3) is 11.3 Å². The molecule has 2 aromatic heterocycles. The molecule has 0 aliphatic heterocycles. The van der Waals surface area contributed by atoms with E-state index in [-0.39, 0.29) is 5.91 Å². The lowest BCUT2D eigenvalue weighted by Crippen LogP contribution is -2.24. The van der Waals surface area contributed by atoms with Crippen molar-refractivity contribution in [3.63, 3.8) is 0 Å². The number of pyridine rings is 2. The molecule has 0 fully saturated rings. The fourth-order valence-electron chi connectivity index (χ4n) is 2.57. The van der Waals surface area contributed by atoms with Crippen LogP contribution in [0.15, 0.2) is 67.0 Å². The van der Waals surface area contributed by atoms with Crippen molar-refractivity contribution >= 4 is 11.7 Å². The number of hydrogen-bond donors (Lipinski definition) is 2. The molecule has 26 heavy (non-hydrogen) atoms. The number of anilines is 1. The molecule has 0 saturated heterocycles. The molecule has 0 aliphatic carbocycles. The molecule has 0 atom stereocenters. The summed E-state index contributed by atoms with van der Waals surface area (Å²) in [7, 11) is 0. The Morgan fingerprint density at radius 2 is 1.88 bits per heavy atom. The first-order chi connectivity index (χ1) is 12.8. The minimum atomic E-state index is -0.153. The molecular formula is C21H22N4O. The molecule has 0 spiro atoms. The second-order valence-corrected chi connectivity index (χ2v) is 5.93. The topological polar surface area (TPSA) is 66.9 Å². The first kappa shape index (κ1) is 17.6. The predicted octanol–water partition coefficient (Wildman–Crippen LogP) is 3.90. The predicted molar refractivity (Wildman–Crippen MR) is 104 cm³/mol. The van der Waals surface area contributed by atoms with Gasteiger partial charge < -0.3 is 10.6 Å². The lowest BCUT2D eigenvalue weighted by Gasteiger charge is -2.13. The number of aromatic nitrogens is 2. The van der Waals surface area contributed by atoms with E-state index in [0.29, 0.717) is 17.9 Å². The van der Waals surface area contributed by atoms with Crippen LogP contribution in [0.5, 0.6) is 0 Å². The molecule has 2 heterocycles. The van der Waals surface area contributed by atoms with Gasteiger partial charge in [0.2, 0.25) is 0 Å². The molecular weight excluding hydrogens is 324 g/mol. The van der Waals surface area contributed by atoms with Gasteiger partial charge in [-0.2, -0.15) is 0 Å². The van der Waals surface area contributed by atoms with E-state index in [1.54, 1.807) is 12.4 Å². The van der Waals surface area contributed by atoms with Gasteiger partial charge in [0.1, 0.15) is 5.82 Å². The largest absolute Gasteiger partial charge is 0.369 e. The number of nitrogens with one attached hydrogen (secondary N) is 2. The zero-order valence-corrected chi connectivity index (χ0v) is 14.8. The summed E-state index contributed by atoms with van der Waals surface area (Å²) < 4.78 is 0. The Bertz CT molecular complexity index is 850. The number of amides is 1. The molecule has 0 radical (unpaired) electrons. The van der Waals surface area contributed by atoms with Crippen molar-refractivity contribution in [2.75, 3.05) is 11.9 Å². The molecule has 1 aromatic carbocycles. The van der Waals surface area contributed by atoms with Gasteiger partial charge in [-0.05, 0) is 30.2 Å². The summed E-state index contributed by atoms with van der Waals surface area (Å²) in [5.41, 5.74) is 3.36. The molecule has 3 aromatic rings. The first-order valence-corrected chi connectivity index (χ1v) is 8.75. The van der Waals surface area contributed by atoms with Gasteiger partial charge in [0.15, 0.2) is 0 Å². The second kappa shape index (κ2) is 8.76. The third-order valence-electron chi connectivity index (χ3n) is 3.93. The van der Waals surface area contributed by atoms with E-state index in [1.807, 2.05) is 54.6 Å². The van der Waals surface area contributed by atoms with Gasteiger partial charge in [-0.1, -0.05) is 43.3 Å². The molecule has 2 N–H and O–H groups in total. The maximum absolute atomic E-state index is 12.6. The van der Waals surface area contributed by atoms with Crippen molar-refractivity contribution < 1.29 is 4.79 Å². The summed E-state index contributed by atoms with van der Waals surface area (Å²) >= 11 is 0. The zero-order chi connectivity index (χ0) is 18.2. The number of rotatable bonds is 7. The summed E-state index contributed by atoms with van der Waals surface area (Å²) in [5, 5.41) is 6.20. The zero-order valence-electron chi connectivity index (χ0n) is 14.8. The Balaban J connectivity index is 1.81. The minimum absolute atomic E-state index is 0.153. The summed E-state index contributed by atoms with van der Waals surface area (Å²) in [6.45, 7) is 3.27. The van der Waals surface area contributed by atoms with Gasteiger partial charge >= 0.3 is 0 Å². The SMILES string of the molecule is CCCNc1nc(-c2ccccc2)ccc1C(=O)NCc1cccnc1. The molecule has 5 nitrogen and oxygen atoms in total. The Hall–Kier alpha value is -3.21. The third kappa shape index (κ3) is 4.45. The number of carbonyl (C=O) groups is 1. The molecule has 0 bridgehead atoms. The van der Waals surface area contributed by atoms with E-state index in [2.05, 4.69) is 27.5 Å². The Morgan fingerprint density at radius 3 is 2.62 bits per heavy atom. The maximum Gasteiger partial charge on any atom is 0.255 e. The van der Waals surface area contributed by atoms with E-state index >= 15 is 0 Å². The number of nitrogens with zero attached hydrogens (tertiary/aromatic N) is 2. The summed E-state index contributed by atoms with van der Waals surface area (Å²) in [6.07, 6.45) is 4.41. The summed E-state index contributed by atoms with van der Waals surface area (Å²) in [5.74, 6) is 0.455. The van der Waals surface area contributed by atoms with Crippen LogP contribution in [0.1, 0.15) is 29.3 Å². The molecule has 5 heteroatoms. The highest BCUT2D eigenvalue weighted by Gasteiger charge is 2.14. The highest BCUT2D eigenvalue weighted by Crippen LogP contribution is 2.22. The van der Waals surface area contributed by atoms with Crippen molar-refractivity contribution in [3.8, 4) is 11.3 Å². The van der Waals surface area contributed by atoms with Crippen LogP contribution in [0, 0.1) is 0 Å². The van der Waals surface area contributed by atoms with E-state index < -0.39 is 0 Å². The molecule has 132 valence electrons. The monoisotopic (exact) mass is 346 g/mol. The fourth-order valence-corrected chi connectivity index (χ4v) is 2.57. The number of carbonyl (C=O) groups excluding carboxylic acids is 1. The normalized spacial score (nSPS) is 10.3. The van der Waals surface area contributed by atoms with Gasteiger partial charge in [-0.25, -0.2) is 4.98 Å². The van der Waals surface area contributed by atoms with Crippen LogP contribution in [-0.4, -0.2) is 22.4 Å². The summed E-state index contributed by atoms with van der Waals surface area (Å²) in [4.78, 5) is 21.4. The van der Waals surface area contributed by atoms with Crippen molar-refractivity contribution in [1.82, 2.24) is 15.3 Å². The van der Waals surface area contributed by atoms with Gasteiger partial charge in [-0.3, -0.25) is 9.78 Å². The molecule has 3 rings (SSSR count). The van der Waals surface area contributed by atoms with Crippen molar-refractivity contribution in [1.29, 1.82) is 0 Å². The second-order valence-electron chi connectivity index (χ2n) is 5.93. The number of hydrogen-bond acceptors (Lipinski definition) is 4. The van der Waals surface area contributed by atoms with E-state index in [0.717, 1.165) is 29.8 Å². The van der Waals surface area contributed by atoms with Gasteiger partial charge in [0.05, 0.1) is 11.3 Å². The van der Waals surface area contributed by atoms with Gasteiger partial charge in [0.25, 0.3) is 5.91 Å². The first-order valence-electron chi connectivity index (χ1n) is 8.75. The van der Waals surface area contributed by atoms with E-state index in [9.17, 15) is 4.79 Å². The van der Waals surface area contributed by atoms with E-state index in [1.165, 1.54) is 0 Å². The van der Waals surface area contributed by atoms with Gasteiger partial charge in [-0.15, -0.1) is 0 Å². The third-order valence-corrected chi connectivity index (χ3v) is 3.93. The average molecular weight is 346 g/mol. The standard InChI is InChI=1S/C21H22N4O/c1-2-12-23-20-18(21(26)24-15-16-7-6-13-22-14-16)10-11-19(25-20)17-8-4-3-5-9-17/h3-11,13-14H,2,12,15H2,1H3,(H,23,25)(H,24,26). The lowest BCUT2D eigenvalue weighted by molar-refractivity contribution is 0.0951.